The highest BCUT2D eigenvalue weighted by Crippen LogP contribution is 2.47. The average molecular weight is 508 g/mol. The number of nitrogens with zero attached hydrogens (tertiary/aromatic N) is 3. The van der Waals surface area contributed by atoms with Crippen molar-refractivity contribution < 1.29 is 9.53 Å². The van der Waals surface area contributed by atoms with Gasteiger partial charge in [-0.2, -0.15) is 0 Å². The largest absolute Gasteiger partial charge is 0.465 e. The molecule has 1 aliphatic rings. The second kappa shape index (κ2) is 7.91. The van der Waals surface area contributed by atoms with Gasteiger partial charge in [0.05, 0.1) is 17.8 Å². The molecule has 0 amide bonds. The number of hydrogen-bond acceptors (Lipinski definition) is 5. The highest BCUT2D eigenvalue weighted by Gasteiger charge is 2.49. The minimum absolute atomic E-state index is 0.122. The number of ether oxygens (including phenoxy) is 1. The van der Waals surface area contributed by atoms with Gasteiger partial charge in [-0.25, -0.2) is 9.97 Å². The Morgan fingerprint density at radius 1 is 1.32 bits per heavy atom. The number of esters is 1. The maximum atomic E-state index is 13.5. The predicted molar refractivity (Wildman–Crippen MR) is 116 cm³/mol. The molecule has 1 atom stereocenters. The van der Waals surface area contributed by atoms with Crippen LogP contribution in [-0.4, -0.2) is 27.5 Å². The summed E-state index contributed by atoms with van der Waals surface area (Å²) >= 11 is 8.55. The van der Waals surface area contributed by atoms with Crippen LogP contribution in [0.5, 0.6) is 0 Å². The number of rotatable bonds is 6. The summed E-state index contributed by atoms with van der Waals surface area (Å²) in [6, 6.07) is 9.63. The zero-order valence-corrected chi connectivity index (χ0v) is 18.3. The van der Waals surface area contributed by atoms with Crippen molar-refractivity contribution in [1.82, 2.24) is 15.0 Å². The Hall–Kier alpha value is -1.80. The minimum Gasteiger partial charge on any atom is -0.465 e. The van der Waals surface area contributed by atoms with E-state index in [-0.39, 0.29) is 11.3 Å². The molecule has 3 aromatic rings. The standard InChI is InChI=1S/C21H19ClIN3O2/c1-2-28-19(27)21(11-13-5-6-13,14-4-3-9-24-12-14)18-16-10-15(23)7-8-17(16)25-20(22)26-18/h3-4,7-10,12-13H,2,5-6,11H2,1H3. The van der Waals surface area contributed by atoms with Gasteiger partial charge < -0.3 is 4.74 Å². The van der Waals surface area contributed by atoms with Crippen molar-refractivity contribution in [3.63, 3.8) is 0 Å². The molecule has 144 valence electrons. The Morgan fingerprint density at radius 2 is 2.14 bits per heavy atom. The summed E-state index contributed by atoms with van der Waals surface area (Å²) in [5.41, 5.74) is 1.01. The number of carbonyl (C=O) groups is 1. The first kappa shape index (κ1) is 19.5. The monoisotopic (exact) mass is 507 g/mol. The Bertz CT molecular complexity index is 1030. The average Bonchev–Trinajstić information content (AvgIpc) is 3.51. The number of fused-ring (bicyclic) bond motifs is 1. The Labute approximate surface area is 182 Å². The van der Waals surface area contributed by atoms with Gasteiger partial charge in [0.2, 0.25) is 5.28 Å². The van der Waals surface area contributed by atoms with Crippen molar-refractivity contribution in [2.75, 3.05) is 6.61 Å². The Morgan fingerprint density at radius 3 is 2.82 bits per heavy atom. The van der Waals surface area contributed by atoms with Crippen molar-refractivity contribution in [1.29, 1.82) is 0 Å². The molecule has 7 heteroatoms. The van der Waals surface area contributed by atoms with Crippen LogP contribution in [0.2, 0.25) is 5.28 Å². The summed E-state index contributed by atoms with van der Waals surface area (Å²) in [7, 11) is 0. The number of hydrogen-bond donors (Lipinski definition) is 0. The lowest BCUT2D eigenvalue weighted by atomic mass is 9.72. The summed E-state index contributed by atoms with van der Waals surface area (Å²) in [6.45, 7) is 2.11. The van der Waals surface area contributed by atoms with Crippen molar-refractivity contribution in [2.24, 2.45) is 5.92 Å². The lowest BCUT2D eigenvalue weighted by Crippen LogP contribution is -2.40. The van der Waals surface area contributed by atoms with Crippen LogP contribution in [0.25, 0.3) is 10.9 Å². The van der Waals surface area contributed by atoms with E-state index in [0.717, 1.165) is 27.4 Å². The van der Waals surface area contributed by atoms with Gasteiger partial charge in [-0.1, -0.05) is 18.9 Å². The molecule has 1 saturated carbocycles. The number of aromatic nitrogens is 3. The lowest BCUT2D eigenvalue weighted by molar-refractivity contribution is -0.149. The smallest absolute Gasteiger partial charge is 0.322 e. The van der Waals surface area contributed by atoms with Gasteiger partial charge >= 0.3 is 5.97 Å². The van der Waals surface area contributed by atoms with E-state index in [4.69, 9.17) is 16.3 Å². The molecule has 1 unspecified atom stereocenters. The minimum atomic E-state index is -1.07. The molecule has 0 aliphatic heterocycles. The summed E-state index contributed by atoms with van der Waals surface area (Å²) in [5.74, 6) is 0.126. The van der Waals surface area contributed by atoms with Crippen LogP contribution in [0, 0.1) is 9.49 Å². The van der Waals surface area contributed by atoms with Crippen LogP contribution in [0.15, 0.2) is 42.7 Å². The summed E-state index contributed by atoms with van der Waals surface area (Å²) in [4.78, 5) is 26.8. The molecule has 5 nitrogen and oxygen atoms in total. The summed E-state index contributed by atoms with van der Waals surface area (Å²) in [6.07, 6.45) is 6.23. The van der Waals surface area contributed by atoms with E-state index >= 15 is 0 Å². The number of carbonyl (C=O) groups excluding carboxylic acids is 1. The molecule has 4 rings (SSSR count). The molecule has 28 heavy (non-hydrogen) atoms. The van der Waals surface area contributed by atoms with Crippen LogP contribution in [0.3, 0.4) is 0 Å². The lowest BCUT2D eigenvalue weighted by Gasteiger charge is -2.32. The molecular formula is C21H19ClIN3O2. The molecule has 2 heterocycles. The first-order valence-electron chi connectivity index (χ1n) is 9.25. The second-order valence-corrected chi connectivity index (χ2v) is 8.60. The van der Waals surface area contributed by atoms with E-state index in [9.17, 15) is 4.79 Å². The first-order valence-corrected chi connectivity index (χ1v) is 10.7. The van der Waals surface area contributed by atoms with E-state index in [1.54, 1.807) is 12.4 Å². The van der Waals surface area contributed by atoms with Crippen molar-refractivity contribution in [3.8, 4) is 0 Å². The normalized spacial score (nSPS) is 16.0. The Kier molecular flexibility index (Phi) is 5.51. The zero-order valence-electron chi connectivity index (χ0n) is 15.4. The summed E-state index contributed by atoms with van der Waals surface area (Å²) < 4.78 is 6.63. The second-order valence-electron chi connectivity index (χ2n) is 7.02. The fraction of sp³-hybridized carbons (Fsp3) is 0.333. The van der Waals surface area contributed by atoms with Crippen LogP contribution in [-0.2, 0) is 14.9 Å². The van der Waals surface area contributed by atoms with Gasteiger partial charge in [0, 0.05) is 21.4 Å². The van der Waals surface area contributed by atoms with Gasteiger partial charge in [0.1, 0.15) is 5.41 Å². The van der Waals surface area contributed by atoms with Gasteiger partial charge in [-0.05, 0) is 83.3 Å². The van der Waals surface area contributed by atoms with E-state index < -0.39 is 5.41 Å². The van der Waals surface area contributed by atoms with Gasteiger partial charge in [-0.3, -0.25) is 9.78 Å². The highest BCUT2D eigenvalue weighted by molar-refractivity contribution is 14.1. The maximum Gasteiger partial charge on any atom is 0.322 e. The van der Waals surface area contributed by atoms with Crippen LogP contribution < -0.4 is 0 Å². The molecule has 0 saturated heterocycles. The predicted octanol–water partition coefficient (Wildman–Crippen LogP) is 4.93. The first-order chi connectivity index (χ1) is 13.5. The number of benzene rings is 1. The molecule has 1 aliphatic carbocycles. The molecule has 0 radical (unpaired) electrons. The van der Waals surface area contributed by atoms with E-state index in [1.165, 1.54) is 0 Å². The van der Waals surface area contributed by atoms with Crippen molar-refractivity contribution in [2.45, 2.75) is 31.6 Å². The fourth-order valence-electron chi connectivity index (χ4n) is 3.67. The molecule has 2 aromatic heterocycles. The molecule has 0 bridgehead atoms. The molecular weight excluding hydrogens is 489 g/mol. The summed E-state index contributed by atoms with van der Waals surface area (Å²) in [5, 5.41) is 0.936. The van der Waals surface area contributed by atoms with Gasteiger partial charge in [0.15, 0.2) is 0 Å². The van der Waals surface area contributed by atoms with E-state index in [1.807, 2.05) is 37.3 Å². The zero-order chi connectivity index (χ0) is 19.7. The van der Waals surface area contributed by atoms with Crippen LogP contribution in [0.1, 0.15) is 37.4 Å². The SMILES string of the molecule is CCOC(=O)C(CC1CC1)(c1cccnc1)c1nc(Cl)nc2ccc(I)cc12. The highest BCUT2D eigenvalue weighted by atomic mass is 127. The van der Waals surface area contributed by atoms with Gasteiger partial charge in [0.25, 0.3) is 0 Å². The fourth-order valence-corrected chi connectivity index (χ4v) is 4.34. The number of pyridine rings is 1. The van der Waals surface area contributed by atoms with Crippen molar-refractivity contribution in [3.05, 3.63) is 62.8 Å². The quantitative estimate of drug-likeness (QED) is 0.269. The third-order valence-corrected chi connectivity index (χ3v) is 5.94. The number of halogens is 2. The Balaban J connectivity index is 2.06. The molecule has 0 spiro atoms. The third kappa shape index (κ3) is 3.59. The topological polar surface area (TPSA) is 65.0 Å². The molecule has 0 N–H and O–H groups in total. The van der Waals surface area contributed by atoms with Crippen LogP contribution in [0.4, 0.5) is 0 Å². The molecule has 1 aromatic carbocycles. The van der Waals surface area contributed by atoms with Gasteiger partial charge in [-0.15, -0.1) is 0 Å². The van der Waals surface area contributed by atoms with Crippen LogP contribution >= 0.6 is 34.2 Å². The van der Waals surface area contributed by atoms with E-state index in [0.29, 0.717) is 30.2 Å². The third-order valence-electron chi connectivity index (χ3n) is 5.10. The molecule has 1 fully saturated rings. The van der Waals surface area contributed by atoms with E-state index in [2.05, 4.69) is 37.5 Å². The maximum absolute atomic E-state index is 13.5. The van der Waals surface area contributed by atoms with Crippen molar-refractivity contribution >= 4 is 51.1 Å².